The van der Waals surface area contributed by atoms with E-state index in [-0.39, 0.29) is 0 Å². The Kier molecular flexibility index (Phi) is 3.86. The second-order valence-electron chi connectivity index (χ2n) is 4.13. The Hall–Kier alpha value is -1.45. The summed E-state index contributed by atoms with van der Waals surface area (Å²) in [6.07, 6.45) is 6.84. The predicted molar refractivity (Wildman–Crippen MR) is 64.3 cm³/mol. The van der Waals surface area contributed by atoms with Crippen LogP contribution < -0.4 is 10.6 Å². The normalized spacial score (nSPS) is 17.7. The van der Waals surface area contributed by atoms with Gasteiger partial charge >= 0.3 is 0 Å². The Morgan fingerprint density at radius 1 is 1.50 bits per heavy atom. The van der Waals surface area contributed by atoms with E-state index in [1.54, 1.807) is 13.3 Å². The van der Waals surface area contributed by atoms with Gasteiger partial charge in [0.1, 0.15) is 5.76 Å². The number of rotatable bonds is 3. The van der Waals surface area contributed by atoms with Crippen LogP contribution in [0.3, 0.4) is 0 Å². The van der Waals surface area contributed by atoms with Crippen molar-refractivity contribution in [2.75, 3.05) is 7.05 Å². The zero-order valence-corrected chi connectivity index (χ0v) is 9.70. The average Bonchev–Trinajstić information content (AvgIpc) is 2.97. The summed E-state index contributed by atoms with van der Waals surface area (Å²) in [5.74, 6) is 1.79. The quantitative estimate of drug-likeness (QED) is 0.605. The van der Waals surface area contributed by atoms with Crippen molar-refractivity contribution < 1.29 is 4.42 Å². The zero-order chi connectivity index (χ0) is 11.2. The molecule has 0 aliphatic heterocycles. The molecule has 0 amide bonds. The van der Waals surface area contributed by atoms with Gasteiger partial charge in [-0.15, -0.1) is 0 Å². The van der Waals surface area contributed by atoms with E-state index >= 15 is 0 Å². The highest BCUT2D eigenvalue weighted by Crippen LogP contribution is 2.17. The number of furan rings is 1. The second-order valence-corrected chi connectivity index (χ2v) is 4.13. The van der Waals surface area contributed by atoms with Gasteiger partial charge in [0, 0.05) is 13.1 Å². The minimum absolute atomic E-state index is 0.586. The second kappa shape index (κ2) is 5.58. The summed E-state index contributed by atoms with van der Waals surface area (Å²) in [7, 11) is 1.80. The van der Waals surface area contributed by atoms with Crippen LogP contribution in [-0.2, 0) is 6.54 Å². The fourth-order valence-electron chi connectivity index (χ4n) is 2.04. The van der Waals surface area contributed by atoms with Crippen LogP contribution >= 0.6 is 0 Å². The molecule has 1 aromatic heterocycles. The molecule has 0 unspecified atom stereocenters. The zero-order valence-electron chi connectivity index (χ0n) is 9.70. The minimum atomic E-state index is 0.586. The Bertz CT molecular complexity index is 326. The predicted octanol–water partition coefficient (Wildman–Crippen LogP) is 1.89. The highest BCUT2D eigenvalue weighted by molar-refractivity contribution is 5.79. The molecule has 1 saturated carbocycles. The highest BCUT2D eigenvalue weighted by Gasteiger charge is 2.15. The molecule has 4 nitrogen and oxygen atoms in total. The number of nitrogens with one attached hydrogen (secondary N) is 2. The largest absolute Gasteiger partial charge is 0.467 e. The van der Waals surface area contributed by atoms with Crippen molar-refractivity contribution in [3.05, 3.63) is 24.2 Å². The van der Waals surface area contributed by atoms with Crippen LogP contribution in [0.1, 0.15) is 31.4 Å². The van der Waals surface area contributed by atoms with Crippen LogP contribution in [0.5, 0.6) is 0 Å². The maximum Gasteiger partial charge on any atom is 0.191 e. The first-order valence-electron chi connectivity index (χ1n) is 5.88. The number of guanidine groups is 1. The van der Waals surface area contributed by atoms with Crippen molar-refractivity contribution in [2.24, 2.45) is 4.99 Å². The first-order chi connectivity index (χ1) is 7.88. The Morgan fingerprint density at radius 3 is 2.94 bits per heavy atom. The maximum atomic E-state index is 5.25. The van der Waals surface area contributed by atoms with Gasteiger partial charge in [-0.05, 0) is 25.0 Å². The Morgan fingerprint density at radius 2 is 2.31 bits per heavy atom. The van der Waals surface area contributed by atoms with Crippen LogP contribution in [0.25, 0.3) is 0 Å². The summed E-state index contributed by atoms with van der Waals surface area (Å²) >= 11 is 0. The SMILES string of the molecule is CN=C(NCc1ccco1)NC1CCCC1. The standard InChI is InChI=1S/C12H19N3O/c1-13-12(15-10-5-2-3-6-10)14-9-11-7-4-8-16-11/h4,7-8,10H,2-3,5-6,9H2,1H3,(H2,13,14,15). The number of hydrogen-bond donors (Lipinski definition) is 2. The Labute approximate surface area is 96.1 Å². The highest BCUT2D eigenvalue weighted by atomic mass is 16.3. The first-order valence-corrected chi connectivity index (χ1v) is 5.88. The van der Waals surface area contributed by atoms with E-state index in [9.17, 15) is 0 Å². The molecule has 1 heterocycles. The van der Waals surface area contributed by atoms with Crippen molar-refractivity contribution in [1.29, 1.82) is 0 Å². The van der Waals surface area contributed by atoms with E-state index in [0.717, 1.165) is 11.7 Å². The van der Waals surface area contributed by atoms with Gasteiger partial charge in [0.25, 0.3) is 0 Å². The summed E-state index contributed by atoms with van der Waals surface area (Å²) in [5.41, 5.74) is 0. The summed E-state index contributed by atoms with van der Waals surface area (Å²) < 4.78 is 5.25. The third-order valence-electron chi connectivity index (χ3n) is 2.93. The molecule has 2 rings (SSSR count). The molecule has 1 fully saturated rings. The summed E-state index contributed by atoms with van der Waals surface area (Å²) in [4.78, 5) is 4.20. The van der Waals surface area contributed by atoms with Gasteiger partial charge in [0.2, 0.25) is 0 Å². The van der Waals surface area contributed by atoms with Crippen LogP contribution in [0, 0.1) is 0 Å². The van der Waals surface area contributed by atoms with Gasteiger partial charge in [-0.2, -0.15) is 0 Å². The van der Waals surface area contributed by atoms with Gasteiger partial charge in [0.15, 0.2) is 5.96 Å². The summed E-state index contributed by atoms with van der Waals surface area (Å²) in [6, 6.07) is 4.43. The molecule has 0 saturated heterocycles. The summed E-state index contributed by atoms with van der Waals surface area (Å²) in [5, 5.41) is 6.67. The first kappa shape index (κ1) is 11.0. The molecule has 0 aromatic carbocycles. The molecule has 1 aromatic rings. The van der Waals surface area contributed by atoms with Crippen molar-refractivity contribution >= 4 is 5.96 Å². The lowest BCUT2D eigenvalue weighted by molar-refractivity contribution is 0.499. The third-order valence-corrected chi connectivity index (χ3v) is 2.93. The third kappa shape index (κ3) is 3.02. The fraction of sp³-hybridized carbons (Fsp3) is 0.583. The molecule has 0 atom stereocenters. The lowest BCUT2D eigenvalue weighted by atomic mass is 10.2. The van der Waals surface area contributed by atoms with Crippen LogP contribution in [0.15, 0.2) is 27.8 Å². The molecule has 0 spiro atoms. The molecular formula is C12H19N3O. The lowest BCUT2D eigenvalue weighted by Gasteiger charge is -2.16. The van der Waals surface area contributed by atoms with Gasteiger partial charge in [0.05, 0.1) is 12.8 Å². The van der Waals surface area contributed by atoms with Crippen molar-refractivity contribution in [3.8, 4) is 0 Å². The van der Waals surface area contributed by atoms with Gasteiger partial charge in [-0.3, -0.25) is 4.99 Å². The van der Waals surface area contributed by atoms with Crippen LogP contribution in [0.2, 0.25) is 0 Å². The molecule has 0 radical (unpaired) electrons. The van der Waals surface area contributed by atoms with Crippen LogP contribution in [0.4, 0.5) is 0 Å². The molecule has 0 bridgehead atoms. The van der Waals surface area contributed by atoms with Gasteiger partial charge in [-0.25, -0.2) is 0 Å². The lowest BCUT2D eigenvalue weighted by Crippen LogP contribution is -2.41. The molecule has 1 aliphatic rings. The van der Waals surface area contributed by atoms with Crippen molar-refractivity contribution in [3.63, 3.8) is 0 Å². The monoisotopic (exact) mass is 221 g/mol. The minimum Gasteiger partial charge on any atom is -0.467 e. The van der Waals surface area contributed by atoms with E-state index in [1.165, 1.54) is 25.7 Å². The molecule has 2 N–H and O–H groups in total. The molecule has 1 aliphatic carbocycles. The van der Waals surface area contributed by atoms with Crippen LogP contribution in [-0.4, -0.2) is 19.0 Å². The topological polar surface area (TPSA) is 49.6 Å². The molecule has 88 valence electrons. The molecule has 16 heavy (non-hydrogen) atoms. The maximum absolute atomic E-state index is 5.25. The summed E-state index contributed by atoms with van der Waals surface area (Å²) in [6.45, 7) is 0.680. The van der Waals surface area contributed by atoms with E-state index < -0.39 is 0 Å². The Balaban J connectivity index is 1.77. The van der Waals surface area contributed by atoms with E-state index in [4.69, 9.17) is 4.42 Å². The molecule has 4 heteroatoms. The van der Waals surface area contributed by atoms with E-state index in [1.807, 2.05) is 12.1 Å². The van der Waals surface area contributed by atoms with Crippen molar-refractivity contribution in [1.82, 2.24) is 10.6 Å². The van der Waals surface area contributed by atoms with E-state index in [0.29, 0.717) is 12.6 Å². The van der Waals surface area contributed by atoms with Crippen molar-refractivity contribution in [2.45, 2.75) is 38.3 Å². The van der Waals surface area contributed by atoms with Gasteiger partial charge in [-0.1, -0.05) is 12.8 Å². The van der Waals surface area contributed by atoms with E-state index in [2.05, 4.69) is 15.6 Å². The number of aliphatic imine (C=N–C) groups is 1. The number of hydrogen-bond acceptors (Lipinski definition) is 2. The van der Waals surface area contributed by atoms with Gasteiger partial charge < -0.3 is 15.1 Å². The fourth-order valence-corrected chi connectivity index (χ4v) is 2.04. The number of nitrogens with zero attached hydrogens (tertiary/aromatic N) is 1. The molecular weight excluding hydrogens is 202 g/mol. The average molecular weight is 221 g/mol. The smallest absolute Gasteiger partial charge is 0.191 e.